The number of hydrogen-bond acceptors (Lipinski definition) is 3. The molecule has 0 aromatic heterocycles. The van der Waals surface area contributed by atoms with Crippen molar-refractivity contribution < 1.29 is 9.59 Å². The van der Waals surface area contributed by atoms with Crippen molar-refractivity contribution in [3.05, 3.63) is 63.6 Å². The number of hydrogen-bond donors (Lipinski definition) is 3. The lowest BCUT2D eigenvalue weighted by molar-refractivity contribution is 0.0918. The Kier molecular flexibility index (Phi) is 6.81. The summed E-state index contributed by atoms with van der Waals surface area (Å²) in [5.41, 5.74) is 0.994. The standard InChI is InChI=1S/C19H19Cl2N3O2S/c1-19(2,3)24-17(26)11-5-4-6-15(9-11)22-18(27)23-16(25)12-7-13(20)10-14(21)8-12/h4-10H,1-3H3,(H,24,26)(H2,22,23,25,27). The van der Waals surface area contributed by atoms with Crippen LogP contribution >= 0.6 is 35.4 Å². The van der Waals surface area contributed by atoms with Gasteiger partial charge in [0.25, 0.3) is 11.8 Å². The van der Waals surface area contributed by atoms with Crippen molar-refractivity contribution in [3.8, 4) is 0 Å². The van der Waals surface area contributed by atoms with E-state index in [4.69, 9.17) is 35.4 Å². The van der Waals surface area contributed by atoms with E-state index in [9.17, 15) is 9.59 Å². The SMILES string of the molecule is CC(C)(C)NC(=O)c1cccc(NC(=S)NC(=O)c2cc(Cl)cc(Cl)c2)c1. The fourth-order valence-electron chi connectivity index (χ4n) is 2.17. The molecular weight excluding hydrogens is 405 g/mol. The van der Waals surface area contributed by atoms with E-state index in [1.165, 1.54) is 18.2 Å². The Morgan fingerprint density at radius 2 is 1.56 bits per heavy atom. The van der Waals surface area contributed by atoms with Gasteiger partial charge in [-0.1, -0.05) is 29.3 Å². The minimum absolute atomic E-state index is 0.0875. The first kappa shape index (κ1) is 21.2. The molecule has 5 nitrogen and oxygen atoms in total. The average molecular weight is 424 g/mol. The number of carbonyl (C=O) groups is 2. The molecular formula is C19H19Cl2N3O2S. The van der Waals surface area contributed by atoms with Crippen molar-refractivity contribution in [1.29, 1.82) is 0 Å². The predicted molar refractivity (Wildman–Crippen MR) is 114 cm³/mol. The summed E-state index contributed by atoms with van der Waals surface area (Å²) in [6.45, 7) is 5.71. The van der Waals surface area contributed by atoms with Gasteiger partial charge in [0.1, 0.15) is 0 Å². The van der Waals surface area contributed by atoms with Crippen molar-refractivity contribution >= 4 is 58.0 Å². The van der Waals surface area contributed by atoms with E-state index in [0.717, 1.165) is 0 Å². The first-order valence-corrected chi connectivity index (χ1v) is 9.21. The van der Waals surface area contributed by atoms with Crippen LogP contribution in [0.5, 0.6) is 0 Å². The number of thiocarbonyl (C=S) groups is 1. The van der Waals surface area contributed by atoms with Crippen LogP contribution in [0.15, 0.2) is 42.5 Å². The molecule has 0 spiro atoms. The average Bonchev–Trinajstić information content (AvgIpc) is 2.52. The molecule has 8 heteroatoms. The highest BCUT2D eigenvalue weighted by Crippen LogP contribution is 2.19. The largest absolute Gasteiger partial charge is 0.347 e. The quantitative estimate of drug-likeness (QED) is 0.628. The van der Waals surface area contributed by atoms with Gasteiger partial charge in [-0.15, -0.1) is 0 Å². The van der Waals surface area contributed by atoms with E-state index in [-0.39, 0.29) is 22.1 Å². The first-order chi connectivity index (χ1) is 12.5. The number of halogens is 2. The molecule has 0 saturated heterocycles. The van der Waals surface area contributed by atoms with E-state index in [0.29, 0.717) is 21.3 Å². The second-order valence-electron chi connectivity index (χ2n) is 6.85. The topological polar surface area (TPSA) is 70.2 Å². The number of nitrogens with one attached hydrogen (secondary N) is 3. The van der Waals surface area contributed by atoms with Crippen molar-refractivity contribution in [2.24, 2.45) is 0 Å². The summed E-state index contributed by atoms with van der Waals surface area (Å²) in [4.78, 5) is 24.5. The maximum Gasteiger partial charge on any atom is 0.257 e. The molecule has 2 amide bonds. The lowest BCUT2D eigenvalue weighted by atomic mass is 10.1. The number of anilines is 1. The van der Waals surface area contributed by atoms with Gasteiger partial charge in [-0.2, -0.15) is 0 Å². The molecule has 2 aromatic carbocycles. The Bertz CT molecular complexity index is 875. The number of rotatable bonds is 3. The summed E-state index contributed by atoms with van der Waals surface area (Å²) in [7, 11) is 0. The number of carbonyl (C=O) groups excluding carboxylic acids is 2. The van der Waals surface area contributed by atoms with E-state index >= 15 is 0 Å². The normalized spacial score (nSPS) is 10.9. The van der Waals surface area contributed by atoms with Gasteiger partial charge in [0.15, 0.2) is 5.11 Å². The molecule has 27 heavy (non-hydrogen) atoms. The maximum atomic E-state index is 12.3. The van der Waals surface area contributed by atoms with Gasteiger partial charge in [0.05, 0.1) is 0 Å². The number of benzene rings is 2. The second kappa shape index (κ2) is 8.69. The molecule has 0 aliphatic heterocycles. The molecule has 2 aromatic rings. The van der Waals surface area contributed by atoms with Gasteiger partial charge in [-0.25, -0.2) is 0 Å². The Labute approximate surface area is 173 Å². The summed E-state index contributed by atoms with van der Waals surface area (Å²) < 4.78 is 0. The highest BCUT2D eigenvalue weighted by Gasteiger charge is 2.16. The third kappa shape index (κ3) is 6.82. The summed E-state index contributed by atoms with van der Waals surface area (Å²) >= 11 is 17.0. The monoisotopic (exact) mass is 423 g/mol. The molecule has 0 radical (unpaired) electrons. The van der Waals surface area contributed by atoms with Crippen LogP contribution in [0.25, 0.3) is 0 Å². The molecule has 3 N–H and O–H groups in total. The van der Waals surface area contributed by atoms with Gasteiger partial charge < -0.3 is 10.6 Å². The Balaban J connectivity index is 2.04. The number of amides is 2. The van der Waals surface area contributed by atoms with E-state index < -0.39 is 5.91 Å². The van der Waals surface area contributed by atoms with Crippen molar-refractivity contribution in [1.82, 2.24) is 10.6 Å². The van der Waals surface area contributed by atoms with Crippen LogP contribution in [0.3, 0.4) is 0 Å². The van der Waals surface area contributed by atoms with Crippen molar-refractivity contribution in [2.45, 2.75) is 26.3 Å². The van der Waals surface area contributed by atoms with E-state index in [2.05, 4.69) is 16.0 Å². The van der Waals surface area contributed by atoms with Crippen LogP contribution in [0.4, 0.5) is 5.69 Å². The Morgan fingerprint density at radius 3 is 2.15 bits per heavy atom. The molecule has 0 heterocycles. The molecule has 0 bridgehead atoms. The second-order valence-corrected chi connectivity index (χ2v) is 8.13. The summed E-state index contributed by atoms with van der Waals surface area (Å²) in [6.07, 6.45) is 0. The lowest BCUT2D eigenvalue weighted by Gasteiger charge is -2.20. The highest BCUT2D eigenvalue weighted by molar-refractivity contribution is 7.80. The van der Waals surface area contributed by atoms with Gasteiger partial charge >= 0.3 is 0 Å². The first-order valence-electron chi connectivity index (χ1n) is 8.04. The molecule has 0 unspecified atom stereocenters. The third-order valence-corrected chi connectivity index (χ3v) is 3.86. The molecule has 142 valence electrons. The smallest absolute Gasteiger partial charge is 0.257 e. The molecule has 0 atom stereocenters. The summed E-state index contributed by atoms with van der Waals surface area (Å²) in [5, 5.41) is 9.11. The summed E-state index contributed by atoms with van der Waals surface area (Å²) in [6, 6.07) is 11.3. The minimum atomic E-state index is -0.446. The zero-order chi connectivity index (χ0) is 20.2. The van der Waals surface area contributed by atoms with Crippen LogP contribution < -0.4 is 16.0 Å². The minimum Gasteiger partial charge on any atom is -0.347 e. The van der Waals surface area contributed by atoms with Gasteiger partial charge in [0.2, 0.25) is 0 Å². The molecule has 0 aliphatic carbocycles. The van der Waals surface area contributed by atoms with Crippen LogP contribution in [0.2, 0.25) is 10.0 Å². The van der Waals surface area contributed by atoms with Crippen LogP contribution in [-0.2, 0) is 0 Å². The fourth-order valence-corrected chi connectivity index (χ4v) is 2.91. The van der Waals surface area contributed by atoms with Crippen molar-refractivity contribution in [2.75, 3.05) is 5.32 Å². The predicted octanol–water partition coefficient (Wildman–Crippen LogP) is 4.65. The van der Waals surface area contributed by atoms with Gasteiger partial charge in [-0.3, -0.25) is 14.9 Å². The molecule has 0 aliphatic rings. The zero-order valence-corrected chi connectivity index (χ0v) is 17.4. The zero-order valence-electron chi connectivity index (χ0n) is 15.0. The Hall–Kier alpha value is -2.15. The van der Waals surface area contributed by atoms with Crippen LogP contribution in [0.1, 0.15) is 41.5 Å². The van der Waals surface area contributed by atoms with Crippen molar-refractivity contribution in [3.63, 3.8) is 0 Å². The van der Waals surface area contributed by atoms with Gasteiger partial charge in [0, 0.05) is 32.4 Å². The van der Waals surface area contributed by atoms with Crippen LogP contribution in [0, 0.1) is 0 Å². The van der Waals surface area contributed by atoms with E-state index in [1.54, 1.807) is 24.3 Å². The molecule has 0 saturated carbocycles. The highest BCUT2D eigenvalue weighted by atomic mass is 35.5. The Morgan fingerprint density at radius 1 is 0.926 bits per heavy atom. The third-order valence-electron chi connectivity index (χ3n) is 3.22. The molecule has 0 fully saturated rings. The van der Waals surface area contributed by atoms with Crippen LogP contribution in [-0.4, -0.2) is 22.5 Å². The lowest BCUT2D eigenvalue weighted by Crippen LogP contribution is -2.40. The summed E-state index contributed by atoms with van der Waals surface area (Å²) in [5.74, 6) is -0.645. The van der Waals surface area contributed by atoms with Gasteiger partial charge in [-0.05, 0) is 69.4 Å². The van der Waals surface area contributed by atoms with E-state index in [1.807, 2.05) is 20.8 Å². The maximum absolute atomic E-state index is 12.3. The molecule has 2 rings (SSSR count). The fraction of sp³-hybridized carbons (Fsp3) is 0.211.